The molecule has 0 atom stereocenters. The number of carbonyl (C=O) groups excluding carboxylic acids is 1. The quantitative estimate of drug-likeness (QED) is 0.539. The number of hydrogen-bond acceptors (Lipinski definition) is 5. The van der Waals surface area contributed by atoms with E-state index in [0.29, 0.717) is 18.0 Å². The van der Waals surface area contributed by atoms with Crippen molar-refractivity contribution in [2.75, 3.05) is 40.3 Å². The Morgan fingerprint density at radius 2 is 1.86 bits per heavy atom. The van der Waals surface area contributed by atoms with Crippen molar-refractivity contribution in [1.82, 2.24) is 14.8 Å². The van der Waals surface area contributed by atoms with Gasteiger partial charge in [0.2, 0.25) is 0 Å². The van der Waals surface area contributed by atoms with Gasteiger partial charge in [0.05, 0.1) is 18.4 Å². The van der Waals surface area contributed by atoms with Crippen LogP contribution in [-0.4, -0.2) is 61.0 Å². The number of carbonyl (C=O) groups is 1. The van der Waals surface area contributed by atoms with E-state index in [2.05, 4.69) is 31.0 Å². The highest BCUT2D eigenvalue weighted by Crippen LogP contribution is 2.40. The molecule has 2 aromatic carbocycles. The van der Waals surface area contributed by atoms with Crippen LogP contribution < -0.4 is 4.74 Å². The number of rotatable bonds is 8. The fourth-order valence-corrected chi connectivity index (χ4v) is 4.44. The number of likely N-dealkylation sites (N-methyl/N-ethyl adjacent to an activating group) is 2. The van der Waals surface area contributed by atoms with Crippen molar-refractivity contribution in [2.24, 2.45) is 0 Å². The van der Waals surface area contributed by atoms with Crippen LogP contribution in [0.4, 0.5) is 0 Å². The van der Waals surface area contributed by atoms with E-state index >= 15 is 0 Å². The van der Waals surface area contributed by atoms with Gasteiger partial charge in [0.1, 0.15) is 15.6 Å². The number of aryl methyl sites for hydroxylation is 1. The molecule has 154 valence electrons. The lowest BCUT2D eigenvalue weighted by Crippen LogP contribution is -2.37. The van der Waals surface area contributed by atoms with Gasteiger partial charge in [-0.1, -0.05) is 37.3 Å². The fraction of sp³-hybridized carbons (Fsp3) is 0.391. The summed E-state index contributed by atoms with van der Waals surface area (Å²) < 4.78 is 5.63. The van der Waals surface area contributed by atoms with Crippen LogP contribution in [0.2, 0.25) is 0 Å². The van der Waals surface area contributed by atoms with Crippen LogP contribution in [-0.2, 0) is 0 Å². The van der Waals surface area contributed by atoms with Crippen molar-refractivity contribution in [1.29, 1.82) is 0 Å². The van der Waals surface area contributed by atoms with Crippen molar-refractivity contribution in [3.8, 4) is 16.3 Å². The zero-order valence-electron chi connectivity index (χ0n) is 17.9. The van der Waals surface area contributed by atoms with Gasteiger partial charge in [-0.2, -0.15) is 0 Å². The van der Waals surface area contributed by atoms with Crippen molar-refractivity contribution >= 4 is 28.0 Å². The molecule has 0 aliphatic rings. The van der Waals surface area contributed by atoms with Crippen LogP contribution >= 0.6 is 11.3 Å². The van der Waals surface area contributed by atoms with Crippen LogP contribution in [0.25, 0.3) is 21.3 Å². The molecule has 29 heavy (non-hydrogen) atoms. The lowest BCUT2D eigenvalue weighted by Gasteiger charge is -2.23. The molecule has 0 saturated heterocycles. The largest absolute Gasteiger partial charge is 0.496 e. The molecule has 0 saturated carbocycles. The Labute approximate surface area is 176 Å². The summed E-state index contributed by atoms with van der Waals surface area (Å²) in [5.41, 5.74) is 1.72. The van der Waals surface area contributed by atoms with Crippen molar-refractivity contribution in [2.45, 2.75) is 20.8 Å². The highest BCUT2D eigenvalue weighted by atomic mass is 32.1. The Hall–Kier alpha value is -2.44. The minimum absolute atomic E-state index is 0.0532. The molecule has 6 heteroatoms. The first-order valence-corrected chi connectivity index (χ1v) is 10.8. The summed E-state index contributed by atoms with van der Waals surface area (Å²) in [4.78, 5) is 22.8. The third-order valence-corrected chi connectivity index (χ3v) is 6.44. The number of hydrogen-bond donors (Lipinski definition) is 0. The molecular formula is C23H29N3O2S. The van der Waals surface area contributed by atoms with Gasteiger partial charge in [-0.3, -0.25) is 4.79 Å². The molecule has 0 unspecified atom stereocenters. The second-order valence-corrected chi connectivity index (χ2v) is 8.08. The molecule has 5 nitrogen and oxygen atoms in total. The average molecular weight is 412 g/mol. The van der Waals surface area contributed by atoms with Gasteiger partial charge in [0.25, 0.3) is 5.91 Å². The molecule has 3 rings (SSSR count). The number of aromatic nitrogens is 1. The van der Waals surface area contributed by atoms with Crippen molar-refractivity contribution < 1.29 is 9.53 Å². The molecule has 0 N–H and O–H groups in total. The molecule has 0 bridgehead atoms. The second kappa shape index (κ2) is 9.37. The SMILES string of the molecule is CCN(C)CCN(CC)C(=O)c1sc(-c2c(OC)ccc3ccccc23)nc1C. The second-order valence-electron chi connectivity index (χ2n) is 7.08. The van der Waals surface area contributed by atoms with E-state index in [4.69, 9.17) is 9.72 Å². The Balaban J connectivity index is 1.99. The number of methoxy groups -OCH3 is 1. The molecule has 0 aliphatic heterocycles. The summed E-state index contributed by atoms with van der Waals surface area (Å²) in [5.74, 6) is 0.825. The summed E-state index contributed by atoms with van der Waals surface area (Å²) in [7, 11) is 3.74. The molecule has 3 aromatic rings. The standard InChI is InChI=1S/C23H29N3O2S/c1-6-25(4)14-15-26(7-2)23(27)21-16(3)24-22(29-21)20-18-11-9-8-10-17(18)12-13-19(20)28-5/h8-13H,6-7,14-15H2,1-5H3. The highest BCUT2D eigenvalue weighted by Gasteiger charge is 2.23. The first-order chi connectivity index (χ1) is 14.0. The van der Waals surface area contributed by atoms with Gasteiger partial charge < -0.3 is 14.5 Å². The first kappa shape index (κ1) is 21.3. The van der Waals surface area contributed by atoms with Gasteiger partial charge in [-0.05, 0) is 44.3 Å². The van der Waals surface area contributed by atoms with Gasteiger partial charge in [-0.15, -0.1) is 11.3 Å². The Kier molecular flexibility index (Phi) is 6.87. The molecule has 1 amide bonds. The van der Waals surface area contributed by atoms with Gasteiger partial charge in [-0.25, -0.2) is 4.98 Å². The third kappa shape index (κ3) is 4.43. The minimum atomic E-state index is 0.0532. The summed E-state index contributed by atoms with van der Waals surface area (Å²) in [5, 5.41) is 3.03. The number of thiazole rings is 1. The zero-order valence-corrected chi connectivity index (χ0v) is 18.7. The summed E-state index contributed by atoms with van der Waals surface area (Å²) in [6.07, 6.45) is 0. The number of fused-ring (bicyclic) bond motifs is 1. The maximum Gasteiger partial charge on any atom is 0.265 e. The smallest absolute Gasteiger partial charge is 0.265 e. The molecule has 0 radical (unpaired) electrons. The monoisotopic (exact) mass is 411 g/mol. The Morgan fingerprint density at radius 3 is 2.55 bits per heavy atom. The lowest BCUT2D eigenvalue weighted by atomic mass is 10.0. The average Bonchev–Trinajstić information content (AvgIpc) is 3.13. The van der Waals surface area contributed by atoms with E-state index in [9.17, 15) is 4.79 Å². The number of benzene rings is 2. The van der Waals surface area contributed by atoms with E-state index in [1.807, 2.05) is 43.0 Å². The highest BCUT2D eigenvalue weighted by molar-refractivity contribution is 7.17. The molecule has 0 spiro atoms. The molecule has 0 fully saturated rings. The van der Waals surface area contributed by atoms with Crippen molar-refractivity contribution in [3.63, 3.8) is 0 Å². The van der Waals surface area contributed by atoms with Gasteiger partial charge in [0, 0.05) is 19.6 Å². The number of nitrogens with zero attached hydrogens (tertiary/aromatic N) is 3. The van der Waals surface area contributed by atoms with E-state index < -0.39 is 0 Å². The van der Waals surface area contributed by atoms with Gasteiger partial charge >= 0.3 is 0 Å². The maximum absolute atomic E-state index is 13.2. The topological polar surface area (TPSA) is 45.7 Å². The third-order valence-electron chi connectivity index (χ3n) is 5.28. The first-order valence-electron chi connectivity index (χ1n) is 10.0. The summed E-state index contributed by atoms with van der Waals surface area (Å²) in [6, 6.07) is 12.2. The zero-order chi connectivity index (χ0) is 21.0. The summed E-state index contributed by atoms with van der Waals surface area (Å²) >= 11 is 1.45. The van der Waals surface area contributed by atoms with Crippen LogP contribution in [0.5, 0.6) is 5.75 Å². The minimum Gasteiger partial charge on any atom is -0.496 e. The Morgan fingerprint density at radius 1 is 1.10 bits per heavy atom. The van der Waals surface area contributed by atoms with E-state index in [1.54, 1.807) is 7.11 Å². The van der Waals surface area contributed by atoms with E-state index in [-0.39, 0.29) is 5.91 Å². The predicted octanol–water partition coefficient (Wildman–Crippen LogP) is 4.69. The molecular weight excluding hydrogens is 382 g/mol. The van der Waals surface area contributed by atoms with Crippen LogP contribution in [0.3, 0.4) is 0 Å². The molecule has 1 heterocycles. The predicted molar refractivity (Wildman–Crippen MR) is 121 cm³/mol. The summed E-state index contributed by atoms with van der Waals surface area (Å²) in [6.45, 7) is 9.28. The van der Waals surface area contributed by atoms with Gasteiger partial charge in [0.15, 0.2) is 0 Å². The van der Waals surface area contributed by atoms with E-state index in [0.717, 1.165) is 45.9 Å². The molecule has 0 aliphatic carbocycles. The fourth-order valence-electron chi connectivity index (χ4n) is 3.34. The number of amides is 1. The van der Waals surface area contributed by atoms with E-state index in [1.165, 1.54) is 11.3 Å². The van der Waals surface area contributed by atoms with Crippen LogP contribution in [0, 0.1) is 6.92 Å². The van der Waals surface area contributed by atoms with Crippen LogP contribution in [0.1, 0.15) is 29.2 Å². The Bertz CT molecular complexity index is 999. The van der Waals surface area contributed by atoms with Crippen LogP contribution in [0.15, 0.2) is 36.4 Å². The maximum atomic E-state index is 13.2. The molecule has 1 aromatic heterocycles. The van der Waals surface area contributed by atoms with Crippen molar-refractivity contribution in [3.05, 3.63) is 47.0 Å². The lowest BCUT2D eigenvalue weighted by molar-refractivity contribution is 0.0755. The normalized spacial score (nSPS) is 11.2. The number of ether oxygens (including phenoxy) is 1.